The molecule has 6 heteroatoms. The van der Waals surface area contributed by atoms with Crippen LogP contribution in [0.25, 0.3) is 10.4 Å². The van der Waals surface area contributed by atoms with Gasteiger partial charge in [0.15, 0.2) is 0 Å². The Morgan fingerprint density at radius 1 is 1.71 bits per heavy atom. The number of nitrogens with zero attached hydrogens (tertiary/aromatic N) is 5. The second-order valence-electron chi connectivity index (χ2n) is 2.33. The maximum absolute atomic E-state index is 8.00. The summed E-state index contributed by atoms with van der Waals surface area (Å²) in [5.74, 6) is 5.45. The second-order valence-corrected chi connectivity index (χ2v) is 2.67. The van der Waals surface area contributed by atoms with Crippen LogP contribution in [0.3, 0.4) is 0 Å². The smallest absolute Gasteiger partial charge is 0.222 e. The zero-order valence-corrected chi connectivity index (χ0v) is 8.15. The van der Waals surface area contributed by atoms with E-state index in [4.69, 9.17) is 17.1 Å². The second kappa shape index (κ2) is 5.07. The maximum Gasteiger partial charge on any atom is 0.222 e. The predicted octanol–water partition coefficient (Wildman–Crippen LogP) is 2.10. The molecule has 5 nitrogen and oxygen atoms in total. The van der Waals surface area contributed by atoms with E-state index < -0.39 is 0 Å². The maximum atomic E-state index is 8.00. The minimum absolute atomic E-state index is 0.137. The molecule has 1 heterocycles. The van der Waals surface area contributed by atoms with Gasteiger partial charge in [-0.1, -0.05) is 17.0 Å². The Morgan fingerprint density at radius 3 is 3.14 bits per heavy atom. The third-order valence-corrected chi connectivity index (χ3v) is 1.57. The Morgan fingerprint density at radius 2 is 2.50 bits per heavy atom. The van der Waals surface area contributed by atoms with Crippen molar-refractivity contribution in [2.45, 2.75) is 6.92 Å². The normalized spacial score (nSPS) is 8.43. The van der Waals surface area contributed by atoms with E-state index in [9.17, 15) is 0 Å². The van der Waals surface area contributed by atoms with Crippen LogP contribution >= 0.6 is 11.6 Å². The van der Waals surface area contributed by atoms with Crippen molar-refractivity contribution in [3.8, 4) is 11.8 Å². The van der Waals surface area contributed by atoms with Crippen LogP contribution in [0.2, 0.25) is 5.28 Å². The molecule has 0 amide bonds. The number of halogens is 1. The largest absolute Gasteiger partial charge is 0.225 e. The van der Waals surface area contributed by atoms with Gasteiger partial charge < -0.3 is 0 Å². The van der Waals surface area contributed by atoms with Crippen molar-refractivity contribution in [1.82, 2.24) is 9.97 Å². The zero-order valence-electron chi connectivity index (χ0n) is 7.40. The van der Waals surface area contributed by atoms with E-state index in [1.54, 1.807) is 6.92 Å². The third-order valence-electron chi connectivity index (χ3n) is 1.39. The number of azide groups is 1. The Hall–Kier alpha value is -1.76. The molecule has 1 aromatic heterocycles. The molecule has 0 aromatic carbocycles. The van der Waals surface area contributed by atoms with Crippen molar-refractivity contribution in [3.63, 3.8) is 0 Å². The highest BCUT2D eigenvalue weighted by molar-refractivity contribution is 6.28. The van der Waals surface area contributed by atoms with Gasteiger partial charge in [-0.05, 0) is 24.1 Å². The fourth-order valence-corrected chi connectivity index (χ4v) is 0.939. The van der Waals surface area contributed by atoms with Crippen LogP contribution in [0.5, 0.6) is 0 Å². The third kappa shape index (κ3) is 2.94. The van der Waals surface area contributed by atoms with Gasteiger partial charge in [0.2, 0.25) is 5.28 Å². The van der Waals surface area contributed by atoms with Crippen LogP contribution in [-0.2, 0) is 0 Å². The van der Waals surface area contributed by atoms with Crippen molar-refractivity contribution >= 4 is 11.6 Å². The minimum Gasteiger partial charge on any atom is -0.225 e. The van der Waals surface area contributed by atoms with Gasteiger partial charge >= 0.3 is 0 Å². The summed E-state index contributed by atoms with van der Waals surface area (Å²) in [6.45, 7) is 1.92. The Bertz CT molecular complexity index is 439. The first-order chi connectivity index (χ1) is 6.74. The molecule has 0 saturated heterocycles. The van der Waals surface area contributed by atoms with E-state index in [-0.39, 0.29) is 11.8 Å². The molecule has 0 aliphatic carbocycles. The van der Waals surface area contributed by atoms with Crippen molar-refractivity contribution < 1.29 is 0 Å². The van der Waals surface area contributed by atoms with Gasteiger partial charge in [-0.3, -0.25) is 0 Å². The molecule has 0 aliphatic heterocycles. The molecule has 14 heavy (non-hydrogen) atoms. The molecule has 0 spiro atoms. The van der Waals surface area contributed by atoms with Crippen LogP contribution in [0.15, 0.2) is 11.3 Å². The summed E-state index contributed by atoms with van der Waals surface area (Å²) in [7, 11) is 0. The van der Waals surface area contributed by atoms with Crippen molar-refractivity contribution in [2.75, 3.05) is 6.54 Å². The van der Waals surface area contributed by atoms with Crippen molar-refractivity contribution in [3.05, 3.63) is 33.2 Å². The molecular weight excluding hydrogens is 202 g/mol. The standard InChI is InChI=1S/C8H6ClN5/c1-6-7(3-2-4-12-14-10)5-11-8(9)13-6/h5H,4H2,1H3. The van der Waals surface area contributed by atoms with Crippen molar-refractivity contribution in [1.29, 1.82) is 0 Å². The molecule has 0 radical (unpaired) electrons. The summed E-state index contributed by atoms with van der Waals surface area (Å²) < 4.78 is 0. The Balaban J connectivity index is 2.84. The first-order valence-corrected chi connectivity index (χ1v) is 4.10. The van der Waals surface area contributed by atoms with E-state index in [0.29, 0.717) is 11.3 Å². The Kier molecular flexibility index (Phi) is 3.74. The predicted molar refractivity (Wildman–Crippen MR) is 52.7 cm³/mol. The molecule has 70 valence electrons. The van der Waals surface area contributed by atoms with E-state index in [1.165, 1.54) is 6.20 Å². The summed E-state index contributed by atoms with van der Waals surface area (Å²) in [5.41, 5.74) is 9.39. The molecule has 0 atom stereocenters. The molecule has 1 rings (SSSR count). The monoisotopic (exact) mass is 207 g/mol. The molecule has 0 unspecified atom stereocenters. The lowest BCUT2D eigenvalue weighted by atomic mass is 10.2. The van der Waals surface area contributed by atoms with Crippen LogP contribution in [-0.4, -0.2) is 16.5 Å². The number of hydrogen-bond acceptors (Lipinski definition) is 3. The van der Waals surface area contributed by atoms with Crippen LogP contribution in [0.4, 0.5) is 0 Å². The van der Waals surface area contributed by atoms with E-state index in [1.807, 2.05) is 0 Å². The average Bonchev–Trinajstić information content (AvgIpc) is 2.15. The van der Waals surface area contributed by atoms with E-state index in [2.05, 4.69) is 31.8 Å². The molecule has 0 aliphatic rings. The number of aryl methyl sites for hydroxylation is 1. The van der Waals surface area contributed by atoms with Gasteiger partial charge in [0.1, 0.15) is 0 Å². The quantitative estimate of drug-likeness (QED) is 0.233. The lowest BCUT2D eigenvalue weighted by Crippen LogP contribution is -1.90. The van der Waals surface area contributed by atoms with Gasteiger partial charge in [0, 0.05) is 11.1 Å². The SMILES string of the molecule is Cc1nc(Cl)ncc1C#CCN=[N+]=[N-]. The first kappa shape index (κ1) is 10.3. The molecule has 0 bridgehead atoms. The summed E-state index contributed by atoms with van der Waals surface area (Å²) in [6, 6.07) is 0. The molecule has 0 fully saturated rings. The summed E-state index contributed by atoms with van der Waals surface area (Å²) >= 11 is 5.56. The fraction of sp³-hybridized carbons (Fsp3) is 0.250. The van der Waals surface area contributed by atoms with Gasteiger partial charge in [-0.2, -0.15) is 0 Å². The van der Waals surface area contributed by atoms with Gasteiger partial charge in [-0.25, -0.2) is 9.97 Å². The summed E-state index contributed by atoms with van der Waals surface area (Å²) in [5, 5.41) is 3.47. The molecule has 1 aromatic rings. The van der Waals surface area contributed by atoms with Gasteiger partial charge in [-0.15, -0.1) is 0 Å². The first-order valence-electron chi connectivity index (χ1n) is 3.73. The zero-order chi connectivity index (χ0) is 10.4. The van der Waals surface area contributed by atoms with Crippen molar-refractivity contribution in [2.24, 2.45) is 5.11 Å². The number of hydrogen-bond donors (Lipinski definition) is 0. The highest BCUT2D eigenvalue weighted by atomic mass is 35.5. The Labute approximate surface area is 85.8 Å². The highest BCUT2D eigenvalue weighted by Crippen LogP contribution is 2.05. The van der Waals surface area contributed by atoms with Crippen LogP contribution in [0, 0.1) is 18.8 Å². The minimum atomic E-state index is 0.137. The van der Waals surface area contributed by atoms with E-state index >= 15 is 0 Å². The lowest BCUT2D eigenvalue weighted by molar-refractivity contribution is 1.09. The van der Waals surface area contributed by atoms with Gasteiger partial charge in [0.25, 0.3) is 0 Å². The number of rotatable bonds is 1. The van der Waals surface area contributed by atoms with Crippen LogP contribution < -0.4 is 0 Å². The van der Waals surface area contributed by atoms with Gasteiger partial charge in [0.05, 0.1) is 17.8 Å². The topological polar surface area (TPSA) is 74.5 Å². The molecule has 0 N–H and O–H groups in total. The molecular formula is C8H6ClN5. The summed E-state index contributed by atoms with van der Waals surface area (Å²) in [6.07, 6.45) is 1.54. The molecule has 0 saturated carbocycles. The number of aromatic nitrogens is 2. The summed E-state index contributed by atoms with van der Waals surface area (Å²) in [4.78, 5) is 10.3. The highest BCUT2D eigenvalue weighted by Gasteiger charge is 1.97. The lowest BCUT2D eigenvalue weighted by Gasteiger charge is -1.95. The average molecular weight is 208 g/mol. The fourth-order valence-electron chi connectivity index (χ4n) is 0.763. The van der Waals surface area contributed by atoms with Crippen LogP contribution in [0.1, 0.15) is 11.3 Å². The van der Waals surface area contributed by atoms with E-state index in [0.717, 1.165) is 0 Å².